The van der Waals surface area contributed by atoms with Crippen LogP contribution < -0.4 is 5.32 Å². The van der Waals surface area contributed by atoms with E-state index in [1.807, 2.05) is 27.8 Å². The zero-order chi connectivity index (χ0) is 12.3. The topological polar surface area (TPSA) is 12.0 Å². The summed E-state index contributed by atoms with van der Waals surface area (Å²) in [6.07, 6.45) is 0.754. The van der Waals surface area contributed by atoms with Gasteiger partial charge in [-0.2, -0.15) is 0 Å². The summed E-state index contributed by atoms with van der Waals surface area (Å²) in [5, 5.41) is 3.11. The highest BCUT2D eigenvalue weighted by Crippen LogP contribution is 2.31. The summed E-state index contributed by atoms with van der Waals surface area (Å²) >= 11 is 0. The average Bonchev–Trinajstić information content (AvgIpc) is 2.21. The van der Waals surface area contributed by atoms with Crippen molar-refractivity contribution < 1.29 is 8.78 Å². The van der Waals surface area contributed by atoms with E-state index in [1.54, 1.807) is 12.1 Å². The Hall–Kier alpha value is -0.960. The van der Waals surface area contributed by atoms with Gasteiger partial charge in [0.2, 0.25) is 0 Å². The summed E-state index contributed by atoms with van der Waals surface area (Å²) in [6.45, 7) is 5.89. The van der Waals surface area contributed by atoms with E-state index >= 15 is 0 Å². The second kappa shape index (κ2) is 4.91. The number of halogens is 2. The predicted octanol–water partition coefficient (Wildman–Crippen LogP) is 3.24. The summed E-state index contributed by atoms with van der Waals surface area (Å²) in [7, 11) is 1.86. The van der Waals surface area contributed by atoms with Crippen LogP contribution in [-0.4, -0.2) is 13.1 Å². The Balaban J connectivity index is 3.02. The van der Waals surface area contributed by atoms with Crippen molar-refractivity contribution >= 4 is 0 Å². The van der Waals surface area contributed by atoms with Crippen molar-refractivity contribution in [1.82, 2.24) is 5.32 Å². The predicted molar refractivity (Wildman–Crippen MR) is 62.5 cm³/mol. The van der Waals surface area contributed by atoms with Crippen LogP contribution in [0.1, 0.15) is 32.8 Å². The van der Waals surface area contributed by atoms with E-state index in [0.29, 0.717) is 5.56 Å². The van der Waals surface area contributed by atoms with Gasteiger partial charge < -0.3 is 5.32 Å². The standard InChI is InChI=1S/C13H19F2N/c1-9(16-4)8-13(2,3)10-6-5-7-11(14)12(10)15/h5-7,9,16H,8H2,1-4H3. The second-order valence-corrected chi connectivity index (χ2v) is 4.88. The van der Waals surface area contributed by atoms with Crippen molar-refractivity contribution in [3.8, 4) is 0 Å². The van der Waals surface area contributed by atoms with Gasteiger partial charge in [0.05, 0.1) is 0 Å². The Morgan fingerprint density at radius 1 is 1.31 bits per heavy atom. The van der Waals surface area contributed by atoms with Gasteiger partial charge in [-0.3, -0.25) is 0 Å². The van der Waals surface area contributed by atoms with Crippen LogP contribution in [0.15, 0.2) is 18.2 Å². The molecule has 1 aromatic rings. The van der Waals surface area contributed by atoms with Gasteiger partial charge in [0, 0.05) is 6.04 Å². The maximum atomic E-state index is 13.7. The Morgan fingerprint density at radius 3 is 2.50 bits per heavy atom. The van der Waals surface area contributed by atoms with Gasteiger partial charge in [0.15, 0.2) is 11.6 Å². The molecule has 0 aliphatic carbocycles. The molecule has 0 radical (unpaired) electrons. The first kappa shape index (κ1) is 13.1. The van der Waals surface area contributed by atoms with Crippen molar-refractivity contribution in [2.75, 3.05) is 7.05 Å². The molecule has 0 saturated heterocycles. The summed E-state index contributed by atoms with van der Waals surface area (Å²) < 4.78 is 26.8. The van der Waals surface area contributed by atoms with Crippen molar-refractivity contribution in [3.05, 3.63) is 35.4 Å². The molecule has 0 amide bonds. The Bertz CT molecular complexity index is 361. The van der Waals surface area contributed by atoms with Crippen LogP contribution in [0.25, 0.3) is 0 Å². The highest BCUT2D eigenvalue weighted by molar-refractivity contribution is 5.26. The third kappa shape index (κ3) is 2.79. The van der Waals surface area contributed by atoms with E-state index in [0.717, 1.165) is 12.5 Å². The fourth-order valence-electron chi connectivity index (χ4n) is 2.00. The Kier molecular flexibility index (Phi) is 4.03. The molecule has 0 aliphatic rings. The molecule has 1 aromatic carbocycles. The lowest BCUT2D eigenvalue weighted by molar-refractivity contribution is 0.381. The Morgan fingerprint density at radius 2 is 1.94 bits per heavy atom. The zero-order valence-corrected chi connectivity index (χ0v) is 10.3. The van der Waals surface area contributed by atoms with Gasteiger partial charge in [-0.05, 0) is 37.4 Å². The lowest BCUT2D eigenvalue weighted by Gasteiger charge is -2.29. The fourth-order valence-corrected chi connectivity index (χ4v) is 2.00. The number of rotatable bonds is 4. The Labute approximate surface area is 95.9 Å². The monoisotopic (exact) mass is 227 g/mol. The number of hydrogen-bond acceptors (Lipinski definition) is 1. The lowest BCUT2D eigenvalue weighted by atomic mass is 9.79. The number of nitrogens with one attached hydrogen (secondary N) is 1. The van der Waals surface area contributed by atoms with E-state index in [9.17, 15) is 8.78 Å². The van der Waals surface area contributed by atoms with E-state index < -0.39 is 11.6 Å². The highest BCUT2D eigenvalue weighted by Gasteiger charge is 2.27. The summed E-state index contributed by atoms with van der Waals surface area (Å²) in [5.74, 6) is -1.50. The molecule has 0 heterocycles. The molecule has 0 aliphatic heterocycles. The minimum absolute atomic E-state index is 0.262. The molecule has 0 saturated carbocycles. The van der Waals surface area contributed by atoms with Gasteiger partial charge in [0.25, 0.3) is 0 Å². The molecular formula is C13H19F2N. The quantitative estimate of drug-likeness (QED) is 0.832. The maximum Gasteiger partial charge on any atom is 0.162 e. The van der Waals surface area contributed by atoms with Crippen LogP contribution in [0.5, 0.6) is 0 Å². The summed E-state index contributed by atoms with van der Waals surface area (Å²) in [4.78, 5) is 0. The van der Waals surface area contributed by atoms with Crippen molar-refractivity contribution in [1.29, 1.82) is 0 Å². The first-order valence-electron chi connectivity index (χ1n) is 5.50. The van der Waals surface area contributed by atoms with Gasteiger partial charge in [-0.1, -0.05) is 26.0 Å². The lowest BCUT2D eigenvalue weighted by Crippen LogP contribution is -2.31. The fraction of sp³-hybridized carbons (Fsp3) is 0.538. The summed E-state index contributed by atoms with van der Waals surface area (Å²) in [5.41, 5.74) is 0.0591. The van der Waals surface area contributed by atoms with Crippen molar-refractivity contribution in [3.63, 3.8) is 0 Å². The third-order valence-corrected chi connectivity index (χ3v) is 2.99. The number of benzene rings is 1. The summed E-state index contributed by atoms with van der Waals surface area (Å²) in [6, 6.07) is 4.62. The molecule has 1 atom stereocenters. The van der Waals surface area contributed by atoms with Crippen LogP contribution >= 0.6 is 0 Å². The normalized spacial score (nSPS) is 13.9. The minimum Gasteiger partial charge on any atom is -0.317 e. The van der Waals surface area contributed by atoms with Crippen LogP contribution in [0.4, 0.5) is 8.78 Å². The highest BCUT2D eigenvalue weighted by atomic mass is 19.2. The molecule has 1 nitrogen and oxygen atoms in total. The van der Waals surface area contributed by atoms with Crippen LogP contribution in [-0.2, 0) is 5.41 Å². The zero-order valence-electron chi connectivity index (χ0n) is 10.3. The largest absolute Gasteiger partial charge is 0.317 e. The van der Waals surface area contributed by atoms with Gasteiger partial charge in [-0.15, -0.1) is 0 Å². The molecule has 3 heteroatoms. The van der Waals surface area contributed by atoms with Crippen molar-refractivity contribution in [2.45, 2.75) is 38.6 Å². The van der Waals surface area contributed by atoms with Gasteiger partial charge in [-0.25, -0.2) is 8.78 Å². The smallest absolute Gasteiger partial charge is 0.162 e. The van der Waals surface area contributed by atoms with Crippen LogP contribution in [0.3, 0.4) is 0 Å². The molecule has 0 fully saturated rings. The molecule has 90 valence electrons. The van der Waals surface area contributed by atoms with Gasteiger partial charge >= 0.3 is 0 Å². The molecule has 1 rings (SSSR count). The third-order valence-electron chi connectivity index (χ3n) is 2.99. The SMILES string of the molecule is CNC(C)CC(C)(C)c1cccc(F)c1F. The van der Waals surface area contributed by atoms with Crippen LogP contribution in [0, 0.1) is 11.6 Å². The first-order valence-corrected chi connectivity index (χ1v) is 5.50. The minimum atomic E-state index is -0.775. The van der Waals surface area contributed by atoms with Gasteiger partial charge in [0.1, 0.15) is 0 Å². The molecule has 0 spiro atoms. The first-order chi connectivity index (χ1) is 7.38. The molecule has 1 unspecified atom stereocenters. The molecule has 0 aromatic heterocycles. The van der Waals surface area contributed by atoms with Crippen molar-refractivity contribution in [2.24, 2.45) is 0 Å². The van der Waals surface area contributed by atoms with E-state index in [-0.39, 0.29) is 11.5 Å². The van der Waals surface area contributed by atoms with Crippen LogP contribution in [0.2, 0.25) is 0 Å². The average molecular weight is 227 g/mol. The molecular weight excluding hydrogens is 208 g/mol. The molecule has 0 bridgehead atoms. The molecule has 1 N–H and O–H groups in total. The molecule has 16 heavy (non-hydrogen) atoms. The second-order valence-electron chi connectivity index (χ2n) is 4.88. The van der Waals surface area contributed by atoms with E-state index in [1.165, 1.54) is 0 Å². The van der Waals surface area contributed by atoms with E-state index in [2.05, 4.69) is 5.32 Å². The number of hydrogen-bond donors (Lipinski definition) is 1. The van der Waals surface area contributed by atoms with E-state index in [4.69, 9.17) is 0 Å². The maximum absolute atomic E-state index is 13.7.